The van der Waals surface area contributed by atoms with E-state index in [2.05, 4.69) is 4.90 Å². The molecule has 1 heterocycles. The summed E-state index contributed by atoms with van der Waals surface area (Å²) in [6.07, 6.45) is 2.00. The minimum absolute atomic E-state index is 0. The third kappa shape index (κ3) is 3.68. The fourth-order valence-electron chi connectivity index (χ4n) is 2.92. The molecule has 1 aromatic rings. The summed E-state index contributed by atoms with van der Waals surface area (Å²) in [4.78, 5) is 2.14. The molecule has 0 aromatic heterocycles. The molecule has 0 radical (unpaired) electrons. The molecule has 5 heteroatoms. The van der Waals surface area contributed by atoms with Gasteiger partial charge in [-0.15, -0.1) is 12.4 Å². The maximum atomic E-state index is 13.8. The number of hydrogen-bond acceptors (Lipinski definition) is 2. The van der Waals surface area contributed by atoms with E-state index in [4.69, 9.17) is 5.73 Å². The molecule has 1 aliphatic rings. The molecule has 0 bridgehead atoms. The molecule has 1 saturated heterocycles. The van der Waals surface area contributed by atoms with Gasteiger partial charge in [0.05, 0.1) is 0 Å². The zero-order valence-corrected chi connectivity index (χ0v) is 12.8. The van der Waals surface area contributed by atoms with Crippen LogP contribution in [0.5, 0.6) is 0 Å². The number of nitrogens with zero attached hydrogens (tertiary/aromatic N) is 1. The molecule has 1 aliphatic heterocycles. The second kappa shape index (κ2) is 7.34. The molecule has 114 valence electrons. The molecule has 1 aromatic carbocycles. The highest BCUT2D eigenvalue weighted by Gasteiger charge is 2.27. The largest absolute Gasteiger partial charge is 0.328 e. The van der Waals surface area contributed by atoms with E-state index < -0.39 is 11.6 Å². The van der Waals surface area contributed by atoms with E-state index in [1.54, 1.807) is 0 Å². The van der Waals surface area contributed by atoms with Gasteiger partial charge in [0.1, 0.15) is 11.6 Å². The van der Waals surface area contributed by atoms with E-state index >= 15 is 0 Å². The van der Waals surface area contributed by atoms with Crippen LogP contribution in [-0.4, -0.2) is 24.0 Å². The van der Waals surface area contributed by atoms with Gasteiger partial charge in [-0.25, -0.2) is 8.78 Å². The quantitative estimate of drug-likeness (QED) is 0.926. The van der Waals surface area contributed by atoms with Crippen molar-refractivity contribution < 1.29 is 8.78 Å². The summed E-state index contributed by atoms with van der Waals surface area (Å²) in [5, 5.41) is 0. The van der Waals surface area contributed by atoms with Crippen LogP contribution in [0.15, 0.2) is 18.2 Å². The first-order valence-corrected chi connectivity index (χ1v) is 6.94. The van der Waals surface area contributed by atoms with Gasteiger partial charge >= 0.3 is 0 Å². The van der Waals surface area contributed by atoms with Crippen molar-refractivity contribution in [2.45, 2.75) is 38.8 Å². The van der Waals surface area contributed by atoms with Crippen LogP contribution < -0.4 is 5.73 Å². The number of benzene rings is 1. The minimum atomic E-state index is -0.457. The van der Waals surface area contributed by atoms with E-state index in [1.807, 2.05) is 13.8 Å². The summed E-state index contributed by atoms with van der Waals surface area (Å²) in [5.41, 5.74) is 6.09. The zero-order valence-electron chi connectivity index (χ0n) is 12.0. The monoisotopic (exact) mass is 304 g/mol. The Hall–Kier alpha value is -0.710. The highest BCUT2D eigenvalue weighted by atomic mass is 35.5. The average Bonchev–Trinajstić information content (AvgIpc) is 2.38. The van der Waals surface area contributed by atoms with Gasteiger partial charge in [-0.3, -0.25) is 4.90 Å². The van der Waals surface area contributed by atoms with E-state index in [0.717, 1.165) is 25.9 Å². The van der Waals surface area contributed by atoms with Crippen LogP contribution in [0.1, 0.15) is 38.3 Å². The third-order valence-corrected chi connectivity index (χ3v) is 4.28. The van der Waals surface area contributed by atoms with Gasteiger partial charge < -0.3 is 5.73 Å². The smallest absolute Gasteiger partial charge is 0.130 e. The molecule has 20 heavy (non-hydrogen) atoms. The Kier molecular flexibility index (Phi) is 6.37. The van der Waals surface area contributed by atoms with Crippen molar-refractivity contribution in [3.05, 3.63) is 35.4 Å². The van der Waals surface area contributed by atoms with Gasteiger partial charge in [-0.05, 0) is 57.8 Å². The van der Waals surface area contributed by atoms with Crippen LogP contribution in [0.4, 0.5) is 8.78 Å². The lowest BCUT2D eigenvalue weighted by Gasteiger charge is -2.37. The standard InChI is InChI=1S/C15H22F2N2.ClH/c1-10(18)12-6-8-19(9-7-12)11(2)15-13(16)4-3-5-14(15)17;/h3-5,10-12H,6-9,18H2,1-2H3;1H. The first-order valence-electron chi connectivity index (χ1n) is 6.94. The molecule has 0 aliphatic carbocycles. The SMILES string of the molecule is CC(N)C1CCN(C(C)c2c(F)cccc2F)CC1.Cl. The van der Waals surface area contributed by atoms with Crippen LogP contribution in [0.2, 0.25) is 0 Å². The summed E-state index contributed by atoms with van der Waals surface area (Å²) >= 11 is 0. The van der Waals surface area contributed by atoms with Crippen molar-refractivity contribution >= 4 is 12.4 Å². The second-order valence-electron chi connectivity index (χ2n) is 5.54. The molecule has 2 nitrogen and oxygen atoms in total. The van der Waals surface area contributed by atoms with Crippen molar-refractivity contribution in [2.75, 3.05) is 13.1 Å². The van der Waals surface area contributed by atoms with Crippen molar-refractivity contribution in [1.29, 1.82) is 0 Å². The van der Waals surface area contributed by atoms with Crippen molar-refractivity contribution in [1.82, 2.24) is 4.90 Å². The second-order valence-corrected chi connectivity index (χ2v) is 5.54. The molecule has 0 spiro atoms. The Labute approximate surface area is 125 Å². The van der Waals surface area contributed by atoms with Gasteiger partial charge in [0, 0.05) is 17.6 Å². The molecule has 2 rings (SSSR count). The number of nitrogens with two attached hydrogens (primary N) is 1. The van der Waals surface area contributed by atoms with E-state index in [0.29, 0.717) is 5.92 Å². The summed E-state index contributed by atoms with van der Waals surface area (Å²) in [6.45, 7) is 5.59. The molecule has 0 saturated carbocycles. The molecule has 0 amide bonds. The Balaban J connectivity index is 0.00000200. The Morgan fingerprint density at radius 2 is 1.65 bits per heavy atom. The Bertz CT molecular complexity index is 412. The van der Waals surface area contributed by atoms with Crippen LogP contribution in [-0.2, 0) is 0 Å². The van der Waals surface area contributed by atoms with Gasteiger partial charge in [-0.2, -0.15) is 0 Å². The first kappa shape index (κ1) is 17.3. The third-order valence-electron chi connectivity index (χ3n) is 4.28. The summed E-state index contributed by atoms with van der Waals surface area (Å²) in [5.74, 6) is -0.391. The fraction of sp³-hybridized carbons (Fsp3) is 0.600. The molecule has 2 atom stereocenters. The van der Waals surface area contributed by atoms with Crippen molar-refractivity contribution in [3.63, 3.8) is 0 Å². The van der Waals surface area contributed by atoms with E-state index in [1.165, 1.54) is 18.2 Å². The van der Waals surface area contributed by atoms with Gasteiger partial charge in [0.2, 0.25) is 0 Å². The molecular formula is C15H23ClF2N2. The number of rotatable bonds is 3. The van der Waals surface area contributed by atoms with Gasteiger partial charge in [0.25, 0.3) is 0 Å². The normalized spacial score (nSPS) is 20.2. The Morgan fingerprint density at radius 1 is 1.15 bits per heavy atom. The van der Waals surface area contributed by atoms with Crippen LogP contribution >= 0.6 is 12.4 Å². The lowest BCUT2D eigenvalue weighted by Crippen LogP contribution is -2.41. The van der Waals surface area contributed by atoms with Crippen molar-refractivity contribution in [3.8, 4) is 0 Å². The van der Waals surface area contributed by atoms with Crippen LogP contribution in [0.3, 0.4) is 0 Å². The summed E-state index contributed by atoms with van der Waals surface area (Å²) < 4.78 is 27.5. The molecule has 1 fully saturated rings. The fourth-order valence-corrected chi connectivity index (χ4v) is 2.92. The molecule has 2 unspecified atom stereocenters. The highest BCUT2D eigenvalue weighted by Crippen LogP contribution is 2.30. The highest BCUT2D eigenvalue weighted by molar-refractivity contribution is 5.85. The lowest BCUT2D eigenvalue weighted by molar-refractivity contribution is 0.128. The topological polar surface area (TPSA) is 29.3 Å². The Morgan fingerprint density at radius 3 is 2.10 bits per heavy atom. The number of hydrogen-bond donors (Lipinski definition) is 1. The van der Waals surface area contributed by atoms with E-state index in [9.17, 15) is 8.78 Å². The first-order chi connectivity index (χ1) is 9.00. The predicted octanol–water partition coefficient (Wildman–Crippen LogP) is 3.51. The zero-order chi connectivity index (χ0) is 14.0. The number of likely N-dealkylation sites (tertiary alicyclic amines) is 1. The molecule has 2 N–H and O–H groups in total. The van der Waals surface area contributed by atoms with Gasteiger partial charge in [-0.1, -0.05) is 6.07 Å². The van der Waals surface area contributed by atoms with E-state index in [-0.39, 0.29) is 30.1 Å². The summed E-state index contributed by atoms with van der Waals surface area (Å²) in [6, 6.07) is 4.02. The maximum absolute atomic E-state index is 13.8. The average molecular weight is 305 g/mol. The minimum Gasteiger partial charge on any atom is -0.328 e. The molecular weight excluding hydrogens is 282 g/mol. The number of halogens is 3. The van der Waals surface area contributed by atoms with Crippen LogP contribution in [0.25, 0.3) is 0 Å². The van der Waals surface area contributed by atoms with Gasteiger partial charge in [0.15, 0.2) is 0 Å². The lowest BCUT2D eigenvalue weighted by atomic mass is 9.89. The predicted molar refractivity (Wildman–Crippen MR) is 80.0 cm³/mol. The maximum Gasteiger partial charge on any atom is 0.130 e. The summed E-state index contributed by atoms with van der Waals surface area (Å²) in [7, 11) is 0. The number of piperidine rings is 1. The van der Waals surface area contributed by atoms with Crippen LogP contribution in [0, 0.1) is 17.6 Å². The van der Waals surface area contributed by atoms with Crippen molar-refractivity contribution in [2.24, 2.45) is 11.7 Å².